The standard InChI is InChI=1S/C11H19F3O2/c1-5-16-8(7-11(12,13)14)6-9(15)10(2,3)4/h8H,5-7H2,1-4H3. The maximum absolute atomic E-state index is 12.2. The third-order valence-corrected chi connectivity index (χ3v) is 2.11. The van der Waals surface area contributed by atoms with Crippen LogP contribution in [0.5, 0.6) is 0 Å². The highest BCUT2D eigenvalue weighted by Gasteiger charge is 2.35. The Morgan fingerprint density at radius 3 is 2.06 bits per heavy atom. The highest BCUT2D eigenvalue weighted by molar-refractivity contribution is 5.84. The third kappa shape index (κ3) is 6.82. The first kappa shape index (κ1) is 15.4. The van der Waals surface area contributed by atoms with Gasteiger partial charge in [0, 0.05) is 18.4 Å². The van der Waals surface area contributed by atoms with Gasteiger partial charge in [-0.15, -0.1) is 0 Å². The van der Waals surface area contributed by atoms with Crippen LogP contribution in [0.25, 0.3) is 0 Å². The number of rotatable bonds is 5. The van der Waals surface area contributed by atoms with E-state index in [9.17, 15) is 18.0 Å². The number of halogens is 3. The number of Topliss-reactive ketones (excluding diaryl/α,β-unsaturated/α-hetero) is 1. The molecule has 0 aromatic heterocycles. The lowest BCUT2D eigenvalue weighted by atomic mass is 9.87. The summed E-state index contributed by atoms with van der Waals surface area (Å²) in [4.78, 5) is 11.6. The molecule has 96 valence electrons. The summed E-state index contributed by atoms with van der Waals surface area (Å²) < 4.78 is 41.5. The zero-order chi connectivity index (χ0) is 13.0. The molecule has 0 fully saturated rings. The molecule has 1 unspecified atom stereocenters. The molecule has 0 rings (SSSR count). The minimum absolute atomic E-state index is 0.179. The monoisotopic (exact) mass is 240 g/mol. The van der Waals surface area contributed by atoms with E-state index in [1.54, 1.807) is 27.7 Å². The fourth-order valence-corrected chi connectivity index (χ4v) is 1.20. The average molecular weight is 240 g/mol. The predicted octanol–water partition coefficient (Wildman–Crippen LogP) is 3.35. The maximum Gasteiger partial charge on any atom is 0.391 e. The van der Waals surface area contributed by atoms with Gasteiger partial charge in [0.25, 0.3) is 0 Å². The van der Waals surface area contributed by atoms with Crippen LogP contribution in [0.1, 0.15) is 40.5 Å². The van der Waals surface area contributed by atoms with Crippen molar-refractivity contribution < 1.29 is 22.7 Å². The molecule has 2 nitrogen and oxygen atoms in total. The first-order valence-corrected chi connectivity index (χ1v) is 5.28. The Balaban J connectivity index is 4.40. The average Bonchev–Trinajstić information content (AvgIpc) is 1.99. The molecule has 0 spiro atoms. The van der Waals surface area contributed by atoms with E-state index < -0.39 is 24.1 Å². The Labute approximate surface area is 94.2 Å². The molecule has 0 heterocycles. The number of ether oxygens (including phenoxy) is 1. The summed E-state index contributed by atoms with van der Waals surface area (Å²) in [5, 5.41) is 0. The lowest BCUT2D eigenvalue weighted by Crippen LogP contribution is -2.30. The minimum Gasteiger partial charge on any atom is -0.378 e. The smallest absolute Gasteiger partial charge is 0.378 e. The largest absolute Gasteiger partial charge is 0.391 e. The van der Waals surface area contributed by atoms with Crippen molar-refractivity contribution in [1.82, 2.24) is 0 Å². The van der Waals surface area contributed by atoms with Crippen LogP contribution in [-0.2, 0) is 9.53 Å². The maximum atomic E-state index is 12.2. The molecule has 0 bridgehead atoms. The van der Waals surface area contributed by atoms with Gasteiger partial charge in [-0.2, -0.15) is 13.2 Å². The van der Waals surface area contributed by atoms with Gasteiger partial charge in [-0.05, 0) is 6.92 Å². The van der Waals surface area contributed by atoms with E-state index in [0.29, 0.717) is 0 Å². The summed E-state index contributed by atoms with van der Waals surface area (Å²) in [7, 11) is 0. The van der Waals surface area contributed by atoms with Crippen LogP contribution in [0.4, 0.5) is 13.2 Å². The van der Waals surface area contributed by atoms with Crippen LogP contribution < -0.4 is 0 Å². The Hall–Kier alpha value is -0.580. The molecule has 0 aliphatic rings. The molecule has 0 aromatic rings. The topological polar surface area (TPSA) is 26.3 Å². The van der Waals surface area contributed by atoms with Crippen molar-refractivity contribution >= 4 is 5.78 Å². The van der Waals surface area contributed by atoms with Crippen LogP contribution in [0, 0.1) is 5.41 Å². The van der Waals surface area contributed by atoms with Gasteiger partial charge >= 0.3 is 6.18 Å². The summed E-state index contributed by atoms with van der Waals surface area (Å²) >= 11 is 0. The van der Waals surface area contributed by atoms with Crippen molar-refractivity contribution in [1.29, 1.82) is 0 Å². The van der Waals surface area contributed by atoms with Gasteiger partial charge in [0.1, 0.15) is 5.78 Å². The second-order valence-electron chi connectivity index (χ2n) is 4.77. The van der Waals surface area contributed by atoms with Crippen molar-refractivity contribution in [2.75, 3.05) is 6.61 Å². The lowest BCUT2D eigenvalue weighted by Gasteiger charge is -2.22. The molecule has 0 aliphatic heterocycles. The Kier molecular flexibility index (Phi) is 5.46. The van der Waals surface area contributed by atoms with Gasteiger partial charge in [-0.1, -0.05) is 20.8 Å². The van der Waals surface area contributed by atoms with Crippen LogP contribution in [0.15, 0.2) is 0 Å². The summed E-state index contributed by atoms with van der Waals surface area (Å²) in [6.45, 7) is 6.85. The van der Waals surface area contributed by atoms with Crippen LogP contribution >= 0.6 is 0 Å². The minimum atomic E-state index is -4.29. The van der Waals surface area contributed by atoms with E-state index >= 15 is 0 Å². The molecule has 5 heteroatoms. The number of hydrogen-bond acceptors (Lipinski definition) is 2. The summed E-state index contributed by atoms with van der Waals surface area (Å²) in [6, 6.07) is 0. The highest BCUT2D eigenvalue weighted by Crippen LogP contribution is 2.27. The van der Waals surface area contributed by atoms with Gasteiger partial charge in [0.2, 0.25) is 0 Å². The number of alkyl halides is 3. The Morgan fingerprint density at radius 2 is 1.75 bits per heavy atom. The zero-order valence-corrected chi connectivity index (χ0v) is 10.1. The van der Waals surface area contributed by atoms with E-state index in [1.807, 2.05) is 0 Å². The van der Waals surface area contributed by atoms with E-state index in [0.717, 1.165) is 0 Å². The van der Waals surface area contributed by atoms with Crippen molar-refractivity contribution in [3.8, 4) is 0 Å². The highest BCUT2D eigenvalue weighted by atomic mass is 19.4. The van der Waals surface area contributed by atoms with E-state index in [-0.39, 0.29) is 18.8 Å². The first-order chi connectivity index (χ1) is 7.06. The van der Waals surface area contributed by atoms with E-state index in [4.69, 9.17) is 4.74 Å². The normalized spacial score (nSPS) is 14.9. The van der Waals surface area contributed by atoms with Crippen LogP contribution in [0.2, 0.25) is 0 Å². The SMILES string of the molecule is CCOC(CC(=O)C(C)(C)C)CC(F)(F)F. The van der Waals surface area contributed by atoms with Crippen molar-refractivity contribution in [2.24, 2.45) is 5.41 Å². The molecule has 0 N–H and O–H groups in total. The molecule has 1 atom stereocenters. The number of carbonyl (C=O) groups excluding carboxylic acids is 1. The molecular formula is C11H19F3O2. The molecule has 0 radical (unpaired) electrons. The van der Waals surface area contributed by atoms with Crippen molar-refractivity contribution in [3.63, 3.8) is 0 Å². The molecule has 0 aliphatic carbocycles. The predicted molar refractivity (Wildman–Crippen MR) is 55.2 cm³/mol. The summed E-state index contributed by atoms with van der Waals surface area (Å²) in [5.41, 5.74) is -0.624. The van der Waals surface area contributed by atoms with Gasteiger partial charge in [0.05, 0.1) is 12.5 Å². The summed E-state index contributed by atoms with van der Waals surface area (Å²) in [6.07, 6.45) is -6.60. The van der Waals surface area contributed by atoms with Crippen molar-refractivity contribution in [3.05, 3.63) is 0 Å². The lowest BCUT2D eigenvalue weighted by molar-refractivity contribution is -0.163. The van der Waals surface area contributed by atoms with Gasteiger partial charge in [0.15, 0.2) is 0 Å². The molecule has 0 saturated heterocycles. The summed E-state index contributed by atoms with van der Waals surface area (Å²) in [5.74, 6) is -0.213. The zero-order valence-electron chi connectivity index (χ0n) is 10.1. The fraction of sp³-hybridized carbons (Fsp3) is 0.909. The first-order valence-electron chi connectivity index (χ1n) is 5.28. The van der Waals surface area contributed by atoms with Gasteiger partial charge in [-0.25, -0.2) is 0 Å². The number of ketones is 1. The second kappa shape index (κ2) is 5.66. The van der Waals surface area contributed by atoms with Crippen LogP contribution in [0.3, 0.4) is 0 Å². The molecule has 0 aromatic carbocycles. The fourth-order valence-electron chi connectivity index (χ4n) is 1.20. The second-order valence-corrected chi connectivity index (χ2v) is 4.77. The van der Waals surface area contributed by atoms with Gasteiger partial charge < -0.3 is 4.74 Å². The van der Waals surface area contributed by atoms with Crippen molar-refractivity contribution in [2.45, 2.75) is 52.8 Å². The molecular weight excluding hydrogens is 221 g/mol. The van der Waals surface area contributed by atoms with E-state index in [2.05, 4.69) is 0 Å². The number of carbonyl (C=O) groups is 1. The quantitative estimate of drug-likeness (QED) is 0.736. The molecule has 0 amide bonds. The Morgan fingerprint density at radius 1 is 1.25 bits per heavy atom. The molecule has 0 saturated carbocycles. The van der Waals surface area contributed by atoms with E-state index in [1.165, 1.54) is 0 Å². The third-order valence-electron chi connectivity index (χ3n) is 2.11. The van der Waals surface area contributed by atoms with Crippen LogP contribution in [-0.4, -0.2) is 24.7 Å². The molecule has 16 heavy (non-hydrogen) atoms. The van der Waals surface area contributed by atoms with Gasteiger partial charge in [-0.3, -0.25) is 4.79 Å². The number of hydrogen-bond donors (Lipinski definition) is 0. The Bertz CT molecular complexity index is 228.